The molecule has 2 heterocycles. The van der Waals surface area contributed by atoms with Crippen LogP contribution in [0.1, 0.15) is 12.0 Å². The van der Waals surface area contributed by atoms with Crippen LogP contribution in [-0.2, 0) is 0 Å². The Kier molecular flexibility index (Phi) is 6.11. The minimum absolute atomic E-state index is 0.695. The van der Waals surface area contributed by atoms with Gasteiger partial charge in [-0.2, -0.15) is 0 Å². The minimum Gasteiger partial charge on any atom is -0.489 e. The molecule has 2 aliphatic heterocycles. The van der Waals surface area contributed by atoms with Gasteiger partial charge in [-0.15, -0.1) is 0 Å². The number of nitrogens with zero attached hydrogens (tertiary/aromatic N) is 2. The van der Waals surface area contributed by atoms with E-state index >= 15 is 0 Å². The van der Waals surface area contributed by atoms with Crippen molar-refractivity contribution in [2.24, 2.45) is 0 Å². The van der Waals surface area contributed by atoms with E-state index in [1.54, 1.807) is 0 Å². The van der Waals surface area contributed by atoms with Gasteiger partial charge in [-0.05, 0) is 56.4 Å². The number of ether oxygens (including phenoxy) is 1. The Balaban J connectivity index is 1.36. The second-order valence-corrected chi connectivity index (χ2v) is 7.36. The third-order valence-electron chi connectivity index (χ3n) is 4.52. The quantitative estimate of drug-likeness (QED) is 0.768. The van der Waals surface area contributed by atoms with Gasteiger partial charge in [0.15, 0.2) is 0 Å². The molecule has 0 saturated carbocycles. The third-order valence-corrected chi connectivity index (χ3v) is 5.01. The third kappa shape index (κ3) is 5.05. The lowest BCUT2D eigenvalue weighted by atomic mass is 10.1. The van der Waals surface area contributed by atoms with Crippen LogP contribution in [0, 0.1) is 0 Å². The molecular weight excluding hydrogens is 354 g/mol. The van der Waals surface area contributed by atoms with E-state index in [-0.39, 0.29) is 0 Å². The first-order valence-corrected chi connectivity index (χ1v) is 9.23. The first-order valence-electron chi connectivity index (χ1n) is 8.44. The molecule has 0 aliphatic carbocycles. The molecule has 0 atom stereocenters. The van der Waals surface area contributed by atoms with Gasteiger partial charge in [0, 0.05) is 42.8 Å². The lowest BCUT2D eigenvalue weighted by Gasteiger charge is -2.32. The summed E-state index contributed by atoms with van der Waals surface area (Å²) in [6.07, 6.45) is 3.46. The molecule has 23 heavy (non-hydrogen) atoms. The summed E-state index contributed by atoms with van der Waals surface area (Å²) in [5, 5.41) is 3.55. The van der Waals surface area contributed by atoms with Crippen molar-refractivity contribution < 1.29 is 4.74 Å². The van der Waals surface area contributed by atoms with Crippen molar-refractivity contribution in [3.8, 4) is 5.75 Å². The fourth-order valence-electron chi connectivity index (χ4n) is 3.05. The van der Waals surface area contributed by atoms with Crippen molar-refractivity contribution in [2.75, 3.05) is 59.5 Å². The standard InChI is InChI=1S/C18H26BrN3O/c1-21-7-9-22(10-8-21)6-2-5-20-13-15-11-16-12-17(19)3-4-18(16)23-14-15/h3-4,11-12,20H,2,5-10,13-14H2,1H3. The summed E-state index contributed by atoms with van der Waals surface area (Å²) >= 11 is 3.52. The molecule has 0 spiro atoms. The Morgan fingerprint density at radius 1 is 1.22 bits per heavy atom. The number of halogens is 1. The van der Waals surface area contributed by atoms with Crippen LogP contribution in [-0.4, -0.2) is 69.3 Å². The summed E-state index contributed by atoms with van der Waals surface area (Å²) in [5.74, 6) is 0.979. The molecule has 1 saturated heterocycles. The monoisotopic (exact) mass is 379 g/mol. The van der Waals surface area contributed by atoms with E-state index in [0.29, 0.717) is 6.61 Å². The van der Waals surface area contributed by atoms with Gasteiger partial charge in [-0.3, -0.25) is 0 Å². The predicted octanol–water partition coefficient (Wildman–Crippen LogP) is 2.45. The first kappa shape index (κ1) is 17.0. The molecule has 0 aromatic heterocycles. The first-order chi connectivity index (χ1) is 11.2. The lowest BCUT2D eigenvalue weighted by Crippen LogP contribution is -2.45. The van der Waals surface area contributed by atoms with Gasteiger partial charge >= 0.3 is 0 Å². The van der Waals surface area contributed by atoms with Gasteiger partial charge in [0.1, 0.15) is 12.4 Å². The van der Waals surface area contributed by atoms with Gasteiger partial charge in [0.05, 0.1) is 0 Å². The van der Waals surface area contributed by atoms with Crippen molar-refractivity contribution in [1.82, 2.24) is 15.1 Å². The summed E-state index contributed by atoms with van der Waals surface area (Å²) in [6, 6.07) is 6.16. The molecule has 0 bridgehead atoms. The molecule has 1 aromatic rings. The van der Waals surface area contributed by atoms with E-state index in [0.717, 1.165) is 23.3 Å². The van der Waals surface area contributed by atoms with E-state index < -0.39 is 0 Å². The minimum atomic E-state index is 0.695. The maximum Gasteiger partial charge on any atom is 0.127 e. The SMILES string of the molecule is CN1CCN(CCCNCC2=Cc3cc(Br)ccc3OC2)CC1. The number of nitrogens with one attached hydrogen (secondary N) is 1. The van der Waals surface area contributed by atoms with E-state index in [9.17, 15) is 0 Å². The van der Waals surface area contributed by atoms with Crippen molar-refractivity contribution in [1.29, 1.82) is 0 Å². The highest BCUT2D eigenvalue weighted by molar-refractivity contribution is 9.10. The molecule has 0 amide bonds. The van der Waals surface area contributed by atoms with Crippen LogP contribution in [0.3, 0.4) is 0 Å². The van der Waals surface area contributed by atoms with Crippen molar-refractivity contribution in [2.45, 2.75) is 6.42 Å². The van der Waals surface area contributed by atoms with Crippen LogP contribution in [0.4, 0.5) is 0 Å². The fraction of sp³-hybridized carbons (Fsp3) is 0.556. The lowest BCUT2D eigenvalue weighted by molar-refractivity contribution is 0.153. The average Bonchev–Trinajstić information content (AvgIpc) is 2.56. The highest BCUT2D eigenvalue weighted by Gasteiger charge is 2.13. The second-order valence-electron chi connectivity index (χ2n) is 6.45. The highest BCUT2D eigenvalue weighted by Crippen LogP contribution is 2.28. The molecule has 0 unspecified atom stereocenters. The predicted molar refractivity (Wildman–Crippen MR) is 99.0 cm³/mol. The molecule has 1 N–H and O–H groups in total. The van der Waals surface area contributed by atoms with Gasteiger partial charge in [0.25, 0.3) is 0 Å². The number of fused-ring (bicyclic) bond motifs is 1. The Morgan fingerprint density at radius 3 is 2.87 bits per heavy atom. The molecule has 2 aliphatic rings. The molecule has 3 rings (SSSR count). The zero-order valence-electron chi connectivity index (χ0n) is 13.9. The van der Waals surface area contributed by atoms with Crippen molar-refractivity contribution >= 4 is 22.0 Å². The Morgan fingerprint density at radius 2 is 2.04 bits per heavy atom. The van der Waals surface area contributed by atoms with Crippen LogP contribution >= 0.6 is 15.9 Å². The molecule has 1 fully saturated rings. The van der Waals surface area contributed by atoms with Crippen LogP contribution in [0.25, 0.3) is 6.08 Å². The normalized spacial score (nSPS) is 19.1. The summed E-state index contributed by atoms with van der Waals surface area (Å²) < 4.78 is 6.91. The molecular formula is C18H26BrN3O. The molecule has 0 radical (unpaired) electrons. The Labute approximate surface area is 147 Å². The largest absolute Gasteiger partial charge is 0.489 e. The summed E-state index contributed by atoms with van der Waals surface area (Å²) in [5.41, 5.74) is 2.48. The van der Waals surface area contributed by atoms with E-state index in [4.69, 9.17) is 4.74 Å². The molecule has 1 aromatic carbocycles. The van der Waals surface area contributed by atoms with E-state index in [1.165, 1.54) is 50.3 Å². The van der Waals surface area contributed by atoms with Crippen LogP contribution < -0.4 is 10.1 Å². The van der Waals surface area contributed by atoms with Crippen LogP contribution in [0.2, 0.25) is 0 Å². The number of piperazine rings is 1. The Bertz CT molecular complexity index is 553. The van der Waals surface area contributed by atoms with E-state index in [2.05, 4.69) is 50.2 Å². The van der Waals surface area contributed by atoms with Gasteiger partial charge in [-0.25, -0.2) is 0 Å². The Hall–Kier alpha value is -0.880. The van der Waals surface area contributed by atoms with Crippen molar-refractivity contribution in [3.05, 3.63) is 33.8 Å². The summed E-state index contributed by atoms with van der Waals surface area (Å²) in [7, 11) is 2.20. The summed E-state index contributed by atoms with van der Waals surface area (Å²) in [6.45, 7) is 8.69. The van der Waals surface area contributed by atoms with Crippen LogP contribution in [0.5, 0.6) is 5.75 Å². The van der Waals surface area contributed by atoms with Crippen molar-refractivity contribution in [3.63, 3.8) is 0 Å². The number of benzene rings is 1. The molecule has 5 heteroatoms. The second kappa shape index (κ2) is 8.29. The summed E-state index contributed by atoms with van der Waals surface area (Å²) in [4.78, 5) is 4.97. The maximum atomic E-state index is 5.81. The maximum absolute atomic E-state index is 5.81. The molecule has 4 nitrogen and oxygen atoms in total. The molecule has 126 valence electrons. The topological polar surface area (TPSA) is 27.7 Å². The number of rotatable bonds is 6. The van der Waals surface area contributed by atoms with Crippen LogP contribution in [0.15, 0.2) is 28.2 Å². The number of hydrogen-bond acceptors (Lipinski definition) is 4. The average molecular weight is 380 g/mol. The zero-order chi connectivity index (χ0) is 16.1. The van der Waals surface area contributed by atoms with Gasteiger partial charge in [-0.1, -0.05) is 15.9 Å². The zero-order valence-corrected chi connectivity index (χ0v) is 15.4. The smallest absolute Gasteiger partial charge is 0.127 e. The number of likely N-dealkylation sites (N-methyl/N-ethyl adjacent to an activating group) is 1. The van der Waals surface area contributed by atoms with Gasteiger partial charge < -0.3 is 19.9 Å². The van der Waals surface area contributed by atoms with E-state index in [1.807, 2.05) is 12.1 Å². The highest BCUT2D eigenvalue weighted by atomic mass is 79.9. The van der Waals surface area contributed by atoms with Gasteiger partial charge in [0.2, 0.25) is 0 Å². The number of hydrogen-bond donors (Lipinski definition) is 1. The fourth-order valence-corrected chi connectivity index (χ4v) is 3.42.